The predicted octanol–water partition coefficient (Wildman–Crippen LogP) is 1.96. The summed E-state index contributed by atoms with van der Waals surface area (Å²) >= 11 is 0. The molecule has 2 heterocycles. The number of aliphatic hydroxyl groups is 1. The summed E-state index contributed by atoms with van der Waals surface area (Å²) in [5, 5.41) is 8.92. The van der Waals surface area contributed by atoms with E-state index in [0.29, 0.717) is 38.3 Å². The van der Waals surface area contributed by atoms with Gasteiger partial charge in [0.1, 0.15) is 0 Å². The Kier molecular flexibility index (Phi) is 7.26. The standard InChI is InChI=1S/C21H30N2O4/c1-22-9-11-23(12-10-22)21(25)19-15-18(17-7-3-2-4-8-17)16-20(27-19)26-14-6-5-13-24/h2-4,7-8,15,18,20,24H,5-6,9-14,16H2,1H3/t18-,20+/m1/s1. The van der Waals surface area contributed by atoms with Crippen molar-refractivity contribution in [3.8, 4) is 0 Å². The van der Waals surface area contributed by atoms with E-state index in [0.717, 1.165) is 25.1 Å². The number of unbranched alkanes of at least 4 members (excludes halogenated alkanes) is 1. The van der Waals surface area contributed by atoms with E-state index in [1.807, 2.05) is 29.2 Å². The zero-order valence-corrected chi connectivity index (χ0v) is 16.0. The number of benzene rings is 1. The van der Waals surface area contributed by atoms with Crippen molar-refractivity contribution in [3.05, 3.63) is 47.7 Å². The Morgan fingerprint density at radius 2 is 1.93 bits per heavy atom. The number of aliphatic hydroxyl groups excluding tert-OH is 1. The number of nitrogens with zero attached hydrogens (tertiary/aromatic N) is 2. The molecule has 2 aliphatic heterocycles. The third-order valence-corrected chi connectivity index (χ3v) is 5.14. The van der Waals surface area contributed by atoms with E-state index in [4.69, 9.17) is 14.6 Å². The fraction of sp³-hybridized carbons (Fsp3) is 0.571. The van der Waals surface area contributed by atoms with Gasteiger partial charge in [0.15, 0.2) is 5.76 Å². The first-order valence-corrected chi connectivity index (χ1v) is 9.81. The molecular formula is C21H30N2O4. The van der Waals surface area contributed by atoms with E-state index in [1.165, 1.54) is 0 Å². The van der Waals surface area contributed by atoms with Crippen LogP contribution in [-0.4, -0.2) is 73.5 Å². The molecule has 1 aromatic rings. The van der Waals surface area contributed by atoms with Gasteiger partial charge in [-0.3, -0.25) is 4.79 Å². The van der Waals surface area contributed by atoms with E-state index in [9.17, 15) is 4.79 Å². The van der Waals surface area contributed by atoms with Gasteiger partial charge in [-0.15, -0.1) is 0 Å². The first-order chi connectivity index (χ1) is 13.2. The van der Waals surface area contributed by atoms with Crippen molar-refractivity contribution in [2.45, 2.75) is 31.5 Å². The Morgan fingerprint density at radius 3 is 2.63 bits per heavy atom. The van der Waals surface area contributed by atoms with E-state index >= 15 is 0 Å². The van der Waals surface area contributed by atoms with Crippen LogP contribution in [0.25, 0.3) is 0 Å². The fourth-order valence-electron chi connectivity index (χ4n) is 3.44. The lowest BCUT2D eigenvalue weighted by Gasteiger charge is -2.35. The minimum atomic E-state index is -0.440. The maximum Gasteiger partial charge on any atom is 0.288 e. The van der Waals surface area contributed by atoms with Crippen LogP contribution in [-0.2, 0) is 14.3 Å². The molecule has 1 saturated heterocycles. The van der Waals surface area contributed by atoms with Crippen LogP contribution >= 0.6 is 0 Å². The van der Waals surface area contributed by atoms with Crippen molar-refractivity contribution in [1.29, 1.82) is 0 Å². The highest BCUT2D eigenvalue weighted by atomic mass is 16.7. The average molecular weight is 374 g/mol. The van der Waals surface area contributed by atoms with Gasteiger partial charge in [0.05, 0.1) is 6.61 Å². The van der Waals surface area contributed by atoms with Gasteiger partial charge in [0.25, 0.3) is 5.91 Å². The van der Waals surface area contributed by atoms with Crippen LogP contribution in [0.15, 0.2) is 42.2 Å². The number of allylic oxidation sites excluding steroid dienone is 1. The van der Waals surface area contributed by atoms with Crippen molar-refractivity contribution >= 4 is 5.91 Å². The number of rotatable bonds is 7. The molecule has 1 N–H and O–H groups in total. The summed E-state index contributed by atoms with van der Waals surface area (Å²) in [6.07, 6.45) is 3.67. The Hall–Kier alpha value is -1.89. The lowest BCUT2D eigenvalue weighted by Crippen LogP contribution is -2.48. The molecule has 1 fully saturated rings. The van der Waals surface area contributed by atoms with Crippen molar-refractivity contribution < 1.29 is 19.4 Å². The molecule has 1 amide bonds. The molecular weight excluding hydrogens is 344 g/mol. The zero-order valence-electron chi connectivity index (χ0n) is 16.0. The predicted molar refractivity (Wildman–Crippen MR) is 103 cm³/mol. The van der Waals surface area contributed by atoms with E-state index in [2.05, 4.69) is 24.1 Å². The van der Waals surface area contributed by atoms with Crippen molar-refractivity contribution in [2.75, 3.05) is 46.4 Å². The first kappa shape index (κ1) is 19.9. The number of hydrogen-bond acceptors (Lipinski definition) is 5. The number of ether oxygens (including phenoxy) is 2. The minimum Gasteiger partial charge on any atom is -0.459 e. The summed E-state index contributed by atoms with van der Waals surface area (Å²) in [4.78, 5) is 17.1. The second kappa shape index (κ2) is 9.88. The molecule has 6 heteroatoms. The molecule has 1 aromatic carbocycles. The van der Waals surface area contributed by atoms with Gasteiger partial charge in [-0.05, 0) is 31.5 Å². The maximum absolute atomic E-state index is 13.0. The summed E-state index contributed by atoms with van der Waals surface area (Å²) in [6.45, 7) is 3.86. The van der Waals surface area contributed by atoms with Crippen LogP contribution in [0.5, 0.6) is 0 Å². The molecule has 0 radical (unpaired) electrons. The normalized spacial score (nSPS) is 23.6. The largest absolute Gasteiger partial charge is 0.459 e. The molecule has 0 saturated carbocycles. The van der Waals surface area contributed by atoms with Crippen molar-refractivity contribution in [2.24, 2.45) is 0 Å². The zero-order chi connectivity index (χ0) is 19.1. The average Bonchev–Trinajstić information content (AvgIpc) is 2.72. The molecule has 0 spiro atoms. The van der Waals surface area contributed by atoms with Gasteiger partial charge in [0.2, 0.25) is 6.29 Å². The molecule has 2 atom stereocenters. The van der Waals surface area contributed by atoms with Gasteiger partial charge < -0.3 is 24.4 Å². The summed E-state index contributed by atoms with van der Waals surface area (Å²) in [5.41, 5.74) is 1.16. The summed E-state index contributed by atoms with van der Waals surface area (Å²) in [7, 11) is 2.07. The van der Waals surface area contributed by atoms with Crippen LogP contribution in [0.3, 0.4) is 0 Å². The Balaban J connectivity index is 1.71. The lowest BCUT2D eigenvalue weighted by molar-refractivity contribution is -0.153. The van der Waals surface area contributed by atoms with Gasteiger partial charge in [0, 0.05) is 45.1 Å². The molecule has 3 rings (SSSR count). The topological polar surface area (TPSA) is 62.2 Å². The van der Waals surface area contributed by atoms with Gasteiger partial charge in [-0.2, -0.15) is 0 Å². The molecule has 0 bridgehead atoms. The van der Waals surface area contributed by atoms with Gasteiger partial charge >= 0.3 is 0 Å². The van der Waals surface area contributed by atoms with Crippen molar-refractivity contribution in [1.82, 2.24) is 9.80 Å². The molecule has 27 heavy (non-hydrogen) atoms. The van der Waals surface area contributed by atoms with E-state index in [-0.39, 0.29) is 18.4 Å². The highest BCUT2D eigenvalue weighted by molar-refractivity contribution is 5.91. The fourth-order valence-corrected chi connectivity index (χ4v) is 3.44. The quantitative estimate of drug-likeness (QED) is 0.740. The number of hydrogen-bond donors (Lipinski definition) is 1. The Morgan fingerprint density at radius 1 is 1.19 bits per heavy atom. The summed E-state index contributed by atoms with van der Waals surface area (Å²) in [5.74, 6) is 0.439. The Labute approximate surface area is 161 Å². The smallest absolute Gasteiger partial charge is 0.288 e. The first-order valence-electron chi connectivity index (χ1n) is 9.81. The number of carbonyl (C=O) groups is 1. The van der Waals surface area contributed by atoms with Crippen LogP contribution in [0.4, 0.5) is 0 Å². The monoisotopic (exact) mass is 374 g/mol. The van der Waals surface area contributed by atoms with Crippen molar-refractivity contribution in [3.63, 3.8) is 0 Å². The van der Waals surface area contributed by atoms with E-state index < -0.39 is 6.29 Å². The molecule has 2 aliphatic rings. The molecule has 0 unspecified atom stereocenters. The minimum absolute atomic E-state index is 0.0484. The summed E-state index contributed by atoms with van der Waals surface area (Å²) < 4.78 is 11.8. The third-order valence-electron chi connectivity index (χ3n) is 5.14. The van der Waals surface area contributed by atoms with Crippen LogP contribution < -0.4 is 0 Å². The number of carbonyl (C=O) groups excluding carboxylic acids is 1. The van der Waals surface area contributed by atoms with Crippen LogP contribution in [0.2, 0.25) is 0 Å². The van der Waals surface area contributed by atoms with E-state index in [1.54, 1.807) is 0 Å². The molecule has 0 aromatic heterocycles. The maximum atomic E-state index is 13.0. The number of piperazine rings is 1. The Bertz CT molecular complexity index is 626. The lowest BCUT2D eigenvalue weighted by atomic mass is 9.93. The van der Waals surface area contributed by atoms with Crippen LogP contribution in [0.1, 0.15) is 30.7 Å². The molecule has 148 valence electrons. The molecule has 0 aliphatic carbocycles. The SMILES string of the molecule is CN1CCN(C(=O)C2=C[C@@H](c3ccccc3)C[C@@H](OCCCCO)O2)CC1. The number of likely N-dealkylation sites (N-methyl/N-ethyl adjacent to an activating group) is 1. The molecule has 6 nitrogen and oxygen atoms in total. The third kappa shape index (κ3) is 5.54. The highest BCUT2D eigenvalue weighted by Crippen LogP contribution is 2.32. The second-order valence-corrected chi connectivity index (χ2v) is 7.23. The van der Waals surface area contributed by atoms with Gasteiger partial charge in [-0.25, -0.2) is 0 Å². The van der Waals surface area contributed by atoms with Gasteiger partial charge in [-0.1, -0.05) is 30.3 Å². The number of amides is 1. The highest BCUT2D eigenvalue weighted by Gasteiger charge is 2.31. The summed E-state index contributed by atoms with van der Waals surface area (Å²) in [6, 6.07) is 10.2. The van der Waals surface area contributed by atoms with Crippen LogP contribution in [0, 0.1) is 0 Å². The second-order valence-electron chi connectivity index (χ2n) is 7.23.